The molecule has 3 aromatic rings. The van der Waals surface area contributed by atoms with Gasteiger partial charge >= 0.3 is 6.18 Å². The highest BCUT2D eigenvalue weighted by Gasteiger charge is 2.51. The molecule has 1 aromatic heterocycles. The number of carbonyl (C=O) groups excluding carboxylic acids is 4. The molecule has 3 fully saturated rings. The minimum atomic E-state index is -4.85. The Hall–Kier alpha value is -5.24. The summed E-state index contributed by atoms with van der Waals surface area (Å²) in [6.45, 7) is 9.76. The SMILES string of the molecule is CCc1cc(N2C(=S)N(c3cnc(C#N)c(C(F)(F)F)c3)C(=O)C2(C)C)ccc1OCCN1CCN(CC(=O)Cc2cccc(CC3CCC(=O)NC3=O)c2)CC1. The van der Waals surface area contributed by atoms with Crippen LogP contribution in [-0.2, 0) is 44.6 Å². The number of ketones is 1. The topological polar surface area (TPSA) is 139 Å². The highest BCUT2D eigenvalue weighted by Crippen LogP contribution is 2.40. The van der Waals surface area contributed by atoms with Gasteiger partial charge in [-0.15, -0.1) is 0 Å². The van der Waals surface area contributed by atoms with E-state index in [9.17, 15) is 32.3 Å². The maximum absolute atomic E-state index is 13.7. The van der Waals surface area contributed by atoms with Crippen LogP contribution in [0.2, 0.25) is 0 Å². The molecule has 3 aliphatic rings. The number of halogens is 3. The van der Waals surface area contributed by atoms with E-state index in [-0.39, 0.29) is 34.3 Å². The third-order valence-electron chi connectivity index (χ3n) is 10.7. The molecule has 4 heterocycles. The summed E-state index contributed by atoms with van der Waals surface area (Å²) < 4.78 is 47.4. The number of benzene rings is 2. The molecule has 0 aliphatic carbocycles. The number of nitrogens with one attached hydrogen (secondary N) is 1. The maximum Gasteiger partial charge on any atom is 0.419 e. The number of piperazine rings is 1. The van der Waals surface area contributed by atoms with Crippen molar-refractivity contribution in [2.75, 3.05) is 55.7 Å². The number of anilines is 2. The van der Waals surface area contributed by atoms with Crippen molar-refractivity contribution < 1.29 is 37.1 Å². The lowest BCUT2D eigenvalue weighted by atomic mass is 9.90. The average molecular weight is 804 g/mol. The van der Waals surface area contributed by atoms with Crippen molar-refractivity contribution >= 4 is 52.2 Å². The number of alkyl halides is 3. The third-order valence-corrected chi connectivity index (χ3v) is 11.0. The van der Waals surface area contributed by atoms with E-state index in [0.29, 0.717) is 63.2 Å². The summed E-state index contributed by atoms with van der Waals surface area (Å²) in [5.74, 6) is -0.462. The van der Waals surface area contributed by atoms with Gasteiger partial charge in [-0.25, -0.2) is 4.98 Å². The zero-order valence-electron chi connectivity index (χ0n) is 32.0. The van der Waals surface area contributed by atoms with Crippen LogP contribution in [0.1, 0.15) is 61.6 Å². The number of imide groups is 1. The minimum absolute atomic E-state index is 0.0163. The Morgan fingerprint density at radius 1 is 1.04 bits per heavy atom. The molecule has 16 heteroatoms. The van der Waals surface area contributed by atoms with E-state index >= 15 is 0 Å². The van der Waals surface area contributed by atoms with E-state index in [1.165, 1.54) is 6.07 Å². The van der Waals surface area contributed by atoms with Crippen molar-refractivity contribution in [1.29, 1.82) is 5.26 Å². The zero-order chi connectivity index (χ0) is 41.1. The normalized spacial score (nSPS) is 19.1. The highest BCUT2D eigenvalue weighted by atomic mass is 32.1. The van der Waals surface area contributed by atoms with Crippen LogP contribution in [0.15, 0.2) is 54.7 Å². The fourth-order valence-corrected chi connectivity index (χ4v) is 8.05. The lowest BCUT2D eigenvalue weighted by Gasteiger charge is -2.34. The van der Waals surface area contributed by atoms with Gasteiger partial charge in [-0.05, 0) is 86.3 Å². The molecule has 3 saturated heterocycles. The Bertz CT molecular complexity index is 2110. The lowest BCUT2D eigenvalue weighted by Crippen LogP contribution is -2.48. The Balaban J connectivity index is 0.994. The Kier molecular flexibility index (Phi) is 12.4. The summed E-state index contributed by atoms with van der Waals surface area (Å²) >= 11 is 5.68. The predicted octanol–water partition coefficient (Wildman–Crippen LogP) is 4.85. The van der Waals surface area contributed by atoms with Gasteiger partial charge in [0.2, 0.25) is 11.8 Å². The van der Waals surface area contributed by atoms with Gasteiger partial charge in [0.1, 0.15) is 24.0 Å². The van der Waals surface area contributed by atoms with Gasteiger partial charge in [-0.2, -0.15) is 18.4 Å². The molecule has 300 valence electrons. The number of thiocarbonyl (C=S) groups is 1. The molecule has 3 amide bonds. The molecule has 57 heavy (non-hydrogen) atoms. The van der Waals surface area contributed by atoms with E-state index in [4.69, 9.17) is 22.2 Å². The van der Waals surface area contributed by atoms with Crippen LogP contribution in [-0.4, -0.2) is 94.8 Å². The third kappa shape index (κ3) is 9.33. The summed E-state index contributed by atoms with van der Waals surface area (Å²) in [6, 6.07) is 15.4. The van der Waals surface area contributed by atoms with E-state index in [1.54, 1.807) is 30.9 Å². The van der Waals surface area contributed by atoms with Crippen LogP contribution >= 0.6 is 12.2 Å². The molecule has 0 saturated carbocycles. The number of nitriles is 1. The molecule has 3 aliphatic heterocycles. The molecule has 0 radical (unpaired) electrons. The van der Waals surface area contributed by atoms with E-state index in [0.717, 1.165) is 60.0 Å². The highest BCUT2D eigenvalue weighted by molar-refractivity contribution is 7.81. The standard InChI is InChI=1S/C41H44F3N7O5S/c1-4-28-21-30(51-39(57)50(38(55)40(51,2)3)31-22-33(41(42,43)44)34(23-45)46-24-31)9-10-35(28)56-17-16-48-12-14-49(15-13-48)25-32(52)20-27-7-5-6-26(18-27)19-29-8-11-36(53)47-37(29)54/h5-7,9-10,18,21-22,24,29H,4,8,11-17,19-20,25H2,1-3H3,(H,47,53,54). The van der Waals surface area contributed by atoms with E-state index in [2.05, 4.69) is 20.1 Å². The molecule has 0 spiro atoms. The van der Waals surface area contributed by atoms with Crippen LogP contribution in [0, 0.1) is 17.2 Å². The van der Waals surface area contributed by atoms with Gasteiger partial charge in [-0.1, -0.05) is 31.2 Å². The number of aromatic nitrogens is 1. The van der Waals surface area contributed by atoms with Crippen LogP contribution in [0.25, 0.3) is 0 Å². The number of rotatable bonds is 13. The molecule has 1 unspecified atom stereocenters. The van der Waals surface area contributed by atoms with Gasteiger partial charge in [0.15, 0.2) is 16.6 Å². The first kappa shape index (κ1) is 41.4. The monoisotopic (exact) mass is 803 g/mol. The van der Waals surface area contributed by atoms with Gasteiger partial charge in [0, 0.05) is 57.2 Å². The number of hydrogen-bond acceptors (Lipinski definition) is 10. The smallest absolute Gasteiger partial charge is 0.419 e. The number of hydrogen-bond donors (Lipinski definition) is 1. The second kappa shape index (κ2) is 17.1. The van der Waals surface area contributed by atoms with Crippen molar-refractivity contribution in [1.82, 2.24) is 20.1 Å². The Morgan fingerprint density at radius 2 is 1.75 bits per heavy atom. The second-order valence-electron chi connectivity index (χ2n) is 15.0. The van der Waals surface area contributed by atoms with Crippen LogP contribution < -0.4 is 19.9 Å². The fourth-order valence-electron chi connectivity index (χ4n) is 7.53. The maximum atomic E-state index is 13.7. The first-order valence-corrected chi connectivity index (χ1v) is 19.3. The number of nitrogens with zero attached hydrogens (tertiary/aromatic N) is 6. The second-order valence-corrected chi connectivity index (χ2v) is 15.4. The lowest BCUT2D eigenvalue weighted by molar-refractivity contribution is -0.138. The minimum Gasteiger partial charge on any atom is -0.492 e. The Morgan fingerprint density at radius 3 is 2.44 bits per heavy atom. The average Bonchev–Trinajstić information content (AvgIpc) is 3.34. The van der Waals surface area contributed by atoms with Crippen LogP contribution in [0.5, 0.6) is 5.75 Å². The number of carbonyl (C=O) groups is 4. The quantitative estimate of drug-likeness (QED) is 0.188. The molecule has 12 nitrogen and oxygen atoms in total. The van der Waals surface area contributed by atoms with Gasteiger partial charge in [0.05, 0.1) is 24.0 Å². The zero-order valence-corrected chi connectivity index (χ0v) is 32.8. The van der Waals surface area contributed by atoms with Crippen LogP contribution in [0.4, 0.5) is 24.5 Å². The van der Waals surface area contributed by atoms with Crippen molar-refractivity contribution in [2.24, 2.45) is 5.92 Å². The number of aryl methyl sites for hydroxylation is 1. The van der Waals surface area contributed by atoms with Gasteiger partial charge in [-0.3, -0.25) is 39.2 Å². The van der Waals surface area contributed by atoms with Gasteiger partial charge in [0.25, 0.3) is 5.91 Å². The number of Topliss-reactive ketones (excluding diaryl/α,β-unsaturated/α-hetero) is 1. The summed E-state index contributed by atoms with van der Waals surface area (Å²) in [6.07, 6.45) is -1.49. The summed E-state index contributed by atoms with van der Waals surface area (Å²) in [4.78, 5) is 61.0. The first-order chi connectivity index (χ1) is 27.1. The first-order valence-electron chi connectivity index (χ1n) is 18.9. The molecular formula is C41H44F3N7O5S. The summed E-state index contributed by atoms with van der Waals surface area (Å²) in [5, 5.41) is 11.6. The Labute approximate surface area is 334 Å². The largest absolute Gasteiger partial charge is 0.492 e. The number of amides is 3. The fraction of sp³-hybridized carbons (Fsp3) is 0.439. The van der Waals surface area contributed by atoms with Gasteiger partial charge < -0.3 is 9.64 Å². The number of piperidine rings is 1. The number of ether oxygens (including phenoxy) is 1. The summed E-state index contributed by atoms with van der Waals surface area (Å²) in [7, 11) is 0. The van der Waals surface area contributed by atoms with Crippen molar-refractivity contribution in [2.45, 2.75) is 64.6 Å². The molecule has 1 N–H and O–H groups in total. The summed E-state index contributed by atoms with van der Waals surface area (Å²) in [5.41, 5.74) is -0.141. The van der Waals surface area contributed by atoms with E-state index < -0.39 is 28.9 Å². The van der Waals surface area contributed by atoms with Crippen molar-refractivity contribution in [3.8, 4) is 11.8 Å². The van der Waals surface area contributed by atoms with Crippen molar-refractivity contribution in [3.05, 3.63) is 82.7 Å². The number of pyridine rings is 1. The molecular weight excluding hydrogens is 760 g/mol. The molecule has 0 bridgehead atoms. The predicted molar refractivity (Wildman–Crippen MR) is 210 cm³/mol. The molecule has 1 atom stereocenters. The van der Waals surface area contributed by atoms with Crippen LogP contribution in [0.3, 0.4) is 0 Å². The van der Waals surface area contributed by atoms with E-state index in [1.807, 2.05) is 37.3 Å². The molecule has 2 aromatic carbocycles. The van der Waals surface area contributed by atoms with Crippen molar-refractivity contribution in [3.63, 3.8) is 0 Å². The molecule has 6 rings (SSSR count).